The lowest BCUT2D eigenvalue weighted by Gasteiger charge is -2.07. The molecule has 0 heterocycles. The first-order chi connectivity index (χ1) is 43.5. The minimum atomic E-state index is 0.309. The first kappa shape index (κ1) is 86.5. The molecule has 0 radical (unpaired) electrons. The van der Waals surface area contributed by atoms with Gasteiger partial charge in [-0.1, -0.05) is 205 Å². The highest BCUT2D eigenvalue weighted by atomic mass is 16.3. The van der Waals surface area contributed by atoms with E-state index in [1.807, 2.05) is 0 Å². The van der Waals surface area contributed by atoms with Crippen LogP contribution in [0.5, 0.6) is 0 Å². The first-order valence-electron chi connectivity index (χ1n) is 37.2. The maximum absolute atomic E-state index is 9.11. The standard InChI is InChI=1S/C90H148O/c1-73(2)37-20-38-74(3)39-21-40-75(4)41-22-42-76(5)43-23-44-77(6)45-24-46-78(7)47-25-48-79(8)49-26-50-80(9)51-27-52-81(10)53-28-54-82(11)55-29-56-83(12)57-30-58-84(13)59-31-60-85(14)61-32-62-86(15)63-33-64-87(16)65-34-66-88(17)67-35-68-89(18)69-36-70-90(19)71-72-91/h37,39,41,43,45,47,49,51,53,55,57,59,61,63,65,67,69,90-91H,20-36,38,40,42,44,46,48,50,52,54,56,58,60,62,64,66,68,70-72H2,1-19H3/b74-39+,75-41+,76-43-,77-45-,78-47-,79-49-,80-51-,81-53-,82-55-,83-57-,84-59-,85-61-,86-63-,87-65-,88-67-,89-69-. The van der Waals surface area contributed by atoms with E-state index in [1.54, 1.807) is 0 Å². The third kappa shape index (κ3) is 59.1. The summed E-state index contributed by atoms with van der Waals surface area (Å²) < 4.78 is 0. The molecule has 0 bridgehead atoms. The molecule has 0 spiro atoms. The van der Waals surface area contributed by atoms with Gasteiger partial charge in [-0.05, 0) is 355 Å². The van der Waals surface area contributed by atoms with E-state index in [2.05, 4.69) is 235 Å². The third-order valence-electron chi connectivity index (χ3n) is 18.3. The molecule has 0 rings (SSSR count). The Hall–Kier alpha value is -4.46. The topological polar surface area (TPSA) is 20.2 Å². The van der Waals surface area contributed by atoms with Crippen molar-refractivity contribution in [2.75, 3.05) is 6.61 Å². The fourth-order valence-electron chi connectivity index (χ4n) is 11.4. The number of hydrogen-bond acceptors (Lipinski definition) is 1. The van der Waals surface area contributed by atoms with Gasteiger partial charge in [-0.25, -0.2) is 0 Å². The molecule has 0 aromatic rings. The highest BCUT2D eigenvalue weighted by Crippen LogP contribution is 2.22. The Morgan fingerprint density at radius 1 is 0.187 bits per heavy atom. The Bertz CT molecular complexity index is 2510. The van der Waals surface area contributed by atoms with E-state index in [0.717, 1.165) is 116 Å². The van der Waals surface area contributed by atoms with Gasteiger partial charge in [-0.2, -0.15) is 0 Å². The minimum Gasteiger partial charge on any atom is -0.396 e. The third-order valence-corrected chi connectivity index (χ3v) is 18.3. The van der Waals surface area contributed by atoms with Crippen molar-refractivity contribution in [3.8, 4) is 0 Å². The number of aliphatic hydroxyl groups is 1. The molecule has 1 heteroatoms. The average molecular weight is 1250 g/mol. The van der Waals surface area contributed by atoms with Gasteiger partial charge in [0.25, 0.3) is 0 Å². The number of hydrogen-bond donors (Lipinski definition) is 1. The van der Waals surface area contributed by atoms with Crippen LogP contribution in [-0.4, -0.2) is 11.7 Å². The zero-order valence-electron chi connectivity index (χ0n) is 63.8. The van der Waals surface area contributed by atoms with Crippen LogP contribution in [0.1, 0.15) is 356 Å². The molecule has 1 N–H and O–H groups in total. The van der Waals surface area contributed by atoms with Crippen molar-refractivity contribution in [3.63, 3.8) is 0 Å². The molecular formula is C90H148O. The van der Waals surface area contributed by atoms with Gasteiger partial charge in [0.1, 0.15) is 0 Å². The molecule has 514 valence electrons. The number of allylic oxidation sites excluding steroid dienone is 34. The van der Waals surface area contributed by atoms with Gasteiger partial charge in [-0.15, -0.1) is 0 Å². The molecule has 0 aromatic heterocycles. The van der Waals surface area contributed by atoms with E-state index < -0.39 is 0 Å². The summed E-state index contributed by atoms with van der Waals surface area (Å²) in [6, 6.07) is 0. The summed E-state index contributed by atoms with van der Waals surface area (Å²) >= 11 is 0. The second-order valence-electron chi connectivity index (χ2n) is 28.9. The zero-order chi connectivity index (χ0) is 67.9. The molecule has 0 fully saturated rings. The lowest BCUT2D eigenvalue weighted by Crippen LogP contribution is -1.97. The summed E-state index contributed by atoms with van der Waals surface area (Å²) in [4.78, 5) is 0. The van der Waals surface area contributed by atoms with Crippen molar-refractivity contribution in [1.82, 2.24) is 0 Å². The molecule has 1 atom stereocenters. The smallest absolute Gasteiger partial charge is 0.0433 e. The van der Waals surface area contributed by atoms with Crippen LogP contribution in [0.15, 0.2) is 198 Å². The Morgan fingerprint density at radius 3 is 0.429 bits per heavy atom. The second kappa shape index (κ2) is 58.1. The van der Waals surface area contributed by atoms with E-state index in [-0.39, 0.29) is 0 Å². The fraction of sp³-hybridized carbons (Fsp3) is 0.622. The van der Waals surface area contributed by atoms with Crippen molar-refractivity contribution >= 4 is 0 Å². The molecule has 0 amide bonds. The van der Waals surface area contributed by atoms with Crippen molar-refractivity contribution in [1.29, 1.82) is 0 Å². The molecule has 0 saturated carbocycles. The van der Waals surface area contributed by atoms with Crippen LogP contribution in [0, 0.1) is 5.92 Å². The van der Waals surface area contributed by atoms with Gasteiger partial charge in [0, 0.05) is 6.61 Å². The summed E-state index contributed by atoms with van der Waals surface area (Å²) in [6.07, 6.45) is 82.2. The van der Waals surface area contributed by atoms with E-state index in [9.17, 15) is 0 Å². The molecule has 1 nitrogen and oxygen atoms in total. The molecule has 0 aliphatic carbocycles. The Morgan fingerprint density at radius 2 is 0.308 bits per heavy atom. The second-order valence-corrected chi connectivity index (χ2v) is 28.9. The molecule has 0 saturated heterocycles. The van der Waals surface area contributed by atoms with E-state index in [4.69, 9.17) is 5.11 Å². The van der Waals surface area contributed by atoms with Crippen LogP contribution in [0.4, 0.5) is 0 Å². The normalized spacial score (nSPS) is 15.4. The summed E-state index contributed by atoms with van der Waals surface area (Å²) in [6.45, 7) is 43.9. The minimum absolute atomic E-state index is 0.309. The monoisotopic (exact) mass is 1250 g/mol. The van der Waals surface area contributed by atoms with Gasteiger partial charge in [-0.3, -0.25) is 0 Å². The molecular weight excluding hydrogens is 1100 g/mol. The maximum atomic E-state index is 9.11. The molecule has 91 heavy (non-hydrogen) atoms. The van der Waals surface area contributed by atoms with Crippen LogP contribution in [0.3, 0.4) is 0 Å². The molecule has 0 aliphatic rings. The fourth-order valence-corrected chi connectivity index (χ4v) is 11.4. The van der Waals surface area contributed by atoms with Gasteiger partial charge < -0.3 is 5.11 Å². The van der Waals surface area contributed by atoms with Gasteiger partial charge >= 0.3 is 0 Å². The van der Waals surface area contributed by atoms with Crippen LogP contribution >= 0.6 is 0 Å². The Kier molecular flexibility index (Phi) is 55.3. The van der Waals surface area contributed by atoms with Gasteiger partial charge in [0.2, 0.25) is 0 Å². The molecule has 1 unspecified atom stereocenters. The van der Waals surface area contributed by atoms with Crippen molar-refractivity contribution in [2.24, 2.45) is 5.92 Å². The first-order valence-corrected chi connectivity index (χ1v) is 37.2. The van der Waals surface area contributed by atoms with Crippen molar-refractivity contribution < 1.29 is 5.11 Å². The summed E-state index contributed by atoms with van der Waals surface area (Å²) in [5.41, 5.74) is 25.8. The van der Waals surface area contributed by atoms with Crippen LogP contribution < -0.4 is 0 Å². The lowest BCUT2D eigenvalue weighted by atomic mass is 10.0. The quantitative estimate of drug-likeness (QED) is 0.0602. The Labute approximate surface area is 568 Å². The molecule has 0 aromatic carbocycles. The lowest BCUT2D eigenvalue weighted by molar-refractivity contribution is 0.259. The van der Waals surface area contributed by atoms with E-state index in [0.29, 0.717) is 12.5 Å². The highest BCUT2D eigenvalue weighted by Gasteiger charge is 2.03. The van der Waals surface area contributed by atoms with Crippen LogP contribution in [0.2, 0.25) is 0 Å². The van der Waals surface area contributed by atoms with E-state index in [1.165, 1.54) is 204 Å². The summed E-state index contributed by atoms with van der Waals surface area (Å²) in [5.74, 6) is 0.611. The molecule has 0 aliphatic heterocycles. The number of rotatable bonds is 53. The average Bonchev–Trinajstić information content (AvgIpc) is 3.47. The highest BCUT2D eigenvalue weighted by molar-refractivity contribution is 5.14. The van der Waals surface area contributed by atoms with Gasteiger partial charge in [0.05, 0.1) is 0 Å². The Balaban J connectivity index is 4.34. The van der Waals surface area contributed by atoms with Crippen LogP contribution in [-0.2, 0) is 0 Å². The number of aliphatic hydroxyl groups excluding tert-OH is 1. The van der Waals surface area contributed by atoms with E-state index >= 15 is 0 Å². The van der Waals surface area contributed by atoms with Crippen molar-refractivity contribution in [3.05, 3.63) is 198 Å². The maximum Gasteiger partial charge on any atom is 0.0433 e. The van der Waals surface area contributed by atoms with Gasteiger partial charge in [0.15, 0.2) is 0 Å². The largest absolute Gasteiger partial charge is 0.396 e. The summed E-state index contributed by atoms with van der Waals surface area (Å²) in [7, 11) is 0. The SMILES string of the molecule is CC(C)=CCC/C(C)=C/CC/C(C)=C/CC/C(C)=C\CC/C(C)=C\CC/C(C)=C\CC/C(C)=C\CC/C(C)=C\CC/C(C)=C\CC/C(C)=C\CC/C(C)=C\CC/C(C)=C\CC/C(C)=C\CC/C(C)=C\CC/C(C)=C\CC/C(C)=C\CC/C(C)=C\CCC(C)CCO. The predicted octanol–water partition coefficient (Wildman–Crippen LogP) is 30.4. The van der Waals surface area contributed by atoms with Crippen LogP contribution in [0.25, 0.3) is 0 Å². The van der Waals surface area contributed by atoms with Crippen molar-refractivity contribution in [2.45, 2.75) is 356 Å². The zero-order valence-corrected chi connectivity index (χ0v) is 63.8. The predicted molar refractivity (Wildman–Crippen MR) is 417 cm³/mol. The summed E-state index contributed by atoms with van der Waals surface area (Å²) in [5, 5.41) is 9.11.